The van der Waals surface area contributed by atoms with E-state index in [0.29, 0.717) is 17.8 Å². The Kier molecular flexibility index (Phi) is 7.56. The molecule has 23 heavy (non-hydrogen) atoms. The molecular weight excluding hydrogens is 308 g/mol. The molecule has 1 saturated heterocycles. The Bertz CT molecular complexity index is 484. The number of carbonyl (C=O) groups is 1. The van der Waals surface area contributed by atoms with Crippen molar-refractivity contribution in [1.82, 2.24) is 4.90 Å². The Labute approximate surface area is 147 Å². The van der Waals surface area contributed by atoms with Gasteiger partial charge in [0.15, 0.2) is 0 Å². The lowest BCUT2D eigenvalue weighted by Gasteiger charge is -2.30. The van der Waals surface area contributed by atoms with E-state index in [1.54, 1.807) is 0 Å². The number of likely N-dealkylation sites (tertiary alicyclic amines) is 1. The highest BCUT2D eigenvalue weighted by Gasteiger charge is 2.29. The van der Waals surface area contributed by atoms with Crippen molar-refractivity contribution in [3.8, 4) is 0 Å². The van der Waals surface area contributed by atoms with Gasteiger partial charge in [0, 0.05) is 13.1 Å². The molecule has 4 heteroatoms. The van der Waals surface area contributed by atoms with E-state index in [0.717, 1.165) is 31.5 Å². The molecule has 1 heterocycles. The number of nitrogens with zero attached hydrogens (tertiary/aromatic N) is 1. The summed E-state index contributed by atoms with van der Waals surface area (Å²) >= 11 is 0. The second-order valence-electron chi connectivity index (χ2n) is 7.62. The monoisotopic (exact) mass is 338 g/mol. The minimum atomic E-state index is -0.423. The number of nitrogens with two attached hydrogens (primary N) is 1. The van der Waals surface area contributed by atoms with Crippen molar-refractivity contribution in [3.63, 3.8) is 0 Å². The van der Waals surface area contributed by atoms with Gasteiger partial charge < -0.3 is 10.6 Å². The molecule has 1 aliphatic rings. The van der Waals surface area contributed by atoms with Crippen molar-refractivity contribution in [2.75, 3.05) is 13.1 Å². The van der Waals surface area contributed by atoms with Crippen LogP contribution in [0.15, 0.2) is 30.3 Å². The first-order chi connectivity index (χ1) is 10.4. The molecule has 1 aliphatic heterocycles. The predicted molar refractivity (Wildman–Crippen MR) is 98.7 cm³/mol. The van der Waals surface area contributed by atoms with Gasteiger partial charge in [-0.3, -0.25) is 4.79 Å². The third-order valence-electron chi connectivity index (χ3n) is 4.88. The second-order valence-corrected chi connectivity index (χ2v) is 7.62. The maximum Gasteiger partial charge on any atom is 0.239 e. The molecule has 1 aromatic rings. The van der Waals surface area contributed by atoms with Gasteiger partial charge in [-0.25, -0.2) is 0 Å². The number of halogens is 1. The Morgan fingerprint density at radius 3 is 2.48 bits per heavy atom. The second kappa shape index (κ2) is 8.70. The van der Waals surface area contributed by atoms with E-state index in [1.165, 1.54) is 6.42 Å². The van der Waals surface area contributed by atoms with Crippen molar-refractivity contribution in [3.05, 3.63) is 35.9 Å². The zero-order chi connectivity index (χ0) is 16.2. The average molecular weight is 339 g/mol. The first kappa shape index (κ1) is 20.0. The van der Waals surface area contributed by atoms with Crippen LogP contribution in [0.1, 0.15) is 45.6 Å². The number of benzene rings is 1. The van der Waals surface area contributed by atoms with E-state index in [4.69, 9.17) is 5.73 Å². The highest BCUT2D eigenvalue weighted by atomic mass is 35.5. The van der Waals surface area contributed by atoms with Crippen LogP contribution in [0.5, 0.6) is 0 Å². The molecule has 2 atom stereocenters. The summed E-state index contributed by atoms with van der Waals surface area (Å²) in [5.41, 5.74) is 7.62. The molecular formula is C19H31ClN2O. The summed E-state index contributed by atoms with van der Waals surface area (Å²) in [7, 11) is 0. The minimum absolute atomic E-state index is 0. The topological polar surface area (TPSA) is 46.3 Å². The molecule has 2 rings (SSSR count). The van der Waals surface area contributed by atoms with Crippen molar-refractivity contribution in [1.29, 1.82) is 0 Å². The predicted octanol–water partition coefficient (Wildman–Crippen LogP) is 3.65. The summed E-state index contributed by atoms with van der Waals surface area (Å²) in [6.07, 6.45) is 4.01. The Balaban J connectivity index is 0.00000264. The highest BCUT2D eigenvalue weighted by molar-refractivity contribution is 5.85. The lowest BCUT2D eigenvalue weighted by atomic mass is 9.77. The van der Waals surface area contributed by atoms with Gasteiger partial charge in [-0.15, -0.1) is 12.4 Å². The van der Waals surface area contributed by atoms with E-state index < -0.39 is 6.04 Å². The van der Waals surface area contributed by atoms with E-state index >= 15 is 0 Å². The van der Waals surface area contributed by atoms with Gasteiger partial charge >= 0.3 is 0 Å². The number of hydrogen-bond donors (Lipinski definition) is 1. The van der Waals surface area contributed by atoms with E-state index in [1.807, 2.05) is 35.2 Å². The van der Waals surface area contributed by atoms with Gasteiger partial charge in [-0.2, -0.15) is 0 Å². The number of amides is 1. The smallest absolute Gasteiger partial charge is 0.239 e. The molecule has 0 bridgehead atoms. The number of rotatable bonds is 3. The molecule has 130 valence electrons. The summed E-state index contributed by atoms with van der Waals surface area (Å²) in [4.78, 5) is 14.6. The van der Waals surface area contributed by atoms with E-state index in [2.05, 4.69) is 20.8 Å². The minimum Gasteiger partial charge on any atom is -0.341 e. The van der Waals surface area contributed by atoms with Crippen LogP contribution in [0.25, 0.3) is 0 Å². The Hall–Kier alpha value is -1.06. The molecule has 1 aromatic carbocycles. The fraction of sp³-hybridized carbons (Fsp3) is 0.632. The standard InChI is InChI=1S/C19H30N2O.ClH/c1-19(2,3)16-10-7-12-21(13-11-16)18(22)17(20)14-15-8-5-4-6-9-15;/h4-6,8-9,16-17H,7,10-14,20H2,1-3H3;1H/t16?,17-;/m0./s1. The van der Waals surface area contributed by atoms with Crippen LogP contribution < -0.4 is 5.73 Å². The summed E-state index contributed by atoms with van der Waals surface area (Å²) < 4.78 is 0. The average Bonchev–Trinajstić information content (AvgIpc) is 2.73. The summed E-state index contributed by atoms with van der Waals surface area (Å²) in [5.74, 6) is 0.800. The lowest BCUT2D eigenvalue weighted by molar-refractivity contribution is -0.132. The van der Waals surface area contributed by atoms with Crippen molar-refractivity contribution in [2.24, 2.45) is 17.1 Å². The molecule has 0 aliphatic carbocycles. The van der Waals surface area contributed by atoms with Gasteiger partial charge in [0.2, 0.25) is 5.91 Å². The van der Waals surface area contributed by atoms with Crippen LogP contribution >= 0.6 is 12.4 Å². The molecule has 1 amide bonds. The number of hydrogen-bond acceptors (Lipinski definition) is 2. The van der Waals surface area contributed by atoms with Crippen LogP contribution in [0.4, 0.5) is 0 Å². The maximum atomic E-state index is 12.6. The molecule has 1 unspecified atom stereocenters. The Morgan fingerprint density at radius 2 is 1.87 bits per heavy atom. The van der Waals surface area contributed by atoms with Crippen LogP contribution in [0, 0.1) is 11.3 Å². The van der Waals surface area contributed by atoms with Crippen LogP contribution in [-0.4, -0.2) is 29.9 Å². The van der Waals surface area contributed by atoms with Gasteiger partial charge in [0.05, 0.1) is 6.04 Å². The lowest BCUT2D eigenvalue weighted by Crippen LogP contribution is -2.45. The SMILES string of the molecule is CC(C)(C)C1CCCN(C(=O)[C@@H](N)Cc2ccccc2)CC1.Cl. The quantitative estimate of drug-likeness (QED) is 0.914. The molecule has 3 nitrogen and oxygen atoms in total. The van der Waals surface area contributed by atoms with Crippen LogP contribution in [-0.2, 0) is 11.2 Å². The maximum absolute atomic E-state index is 12.6. The van der Waals surface area contributed by atoms with Crippen molar-refractivity contribution >= 4 is 18.3 Å². The summed E-state index contributed by atoms with van der Waals surface area (Å²) in [5, 5.41) is 0. The zero-order valence-corrected chi connectivity index (χ0v) is 15.4. The molecule has 0 radical (unpaired) electrons. The summed E-state index contributed by atoms with van der Waals surface area (Å²) in [6, 6.07) is 9.61. The third kappa shape index (κ3) is 5.82. The summed E-state index contributed by atoms with van der Waals surface area (Å²) in [6.45, 7) is 8.61. The van der Waals surface area contributed by atoms with Crippen molar-refractivity contribution in [2.45, 2.75) is 52.5 Å². The zero-order valence-electron chi connectivity index (χ0n) is 14.6. The number of carbonyl (C=O) groups excluding carboxylic acids is 1. The third-order valence-corrected chi connectivity index (χ3v) is 4.88. The van der Waals surface area contributed by atoms with Gasteiger partial charge in [-0.05, 0) is 42.6 Å². The highest BCUT2D eigenvalue weighted by Crippen LogP contribution is 2.34. The van der Waals surface area contributed by atoms with Gasteiger partial charge in [0.1, 0.15) is 0 Å². The fourth-order valence-corrected chi connectivity index (χ4v) is 3.37. The van der Waals surface area contributed by atoms with E-state index in [9.17, 15) is 4.79 Å². The van der Waals surface area contributed by atoms with Crippen LogP contribution in [0.3, 0.4) is 0 Å². The molecule has 0 spiro atoms. The van der Waals surface area contributed by atoms with Gasteiger partial charge in [-0.1, -0.05) is 51.1 Å². The Morgan fingerprint density at radius 1 is 1.22 bits per heavy atom. The normalized spacial score (nSPS) is 20.3. The van der Waals surface area contributed by atoms with Gasteiger partial charge in [0.25, 0.3) is 0 Å². The van der Waals surface area contributed by atoms with E-state index in [-0.39, 0.29) is 18.3 Å². The first-order valence-corrected chi connectivity index (χ1v) is 8.46. The van der Waals surface area contributed by atoms with Crippen molar-refractivity contribution < 1.29 is 4.79 Å². The molecule has 0 saturated carbocycles. The first-order valence-electron chi connectivity index (χ1n) is 8.46. The molecule has 0 aromatic heterocycles. The largest absolute Gasteiger partial charge is 0.341 e. The molecule has 2 N–H and O–H groups in total. The molecule has 1 fully saturated rings. The van der Waals surface area contributed by atoms with Crippen LogP contribution in [0.2, 0.25) is 0 Å². The fourth-order valence-electron chi connectivity index (χ4n) is 3.37.